The molecule has 0 radical (unpaired) electrons. The summed E-state index contributed by atoms with van der Waals surface area (Å²) in [4.78, 5) is 11.5. The zero-order chi connectivity index (χ0) is 12.5. The molecule has 1 aromatic rings. The van der Waals surface area contributed by atoms with Crippen molar-refractivity contribution in [1.82, 2.24) is 5.32 Å². The molecule has 0 unspecified atom stereocenters. The van der Waals surface area contributed by atoms with Crippen LogP contribution in [0.15, 0.2) is 30.3 Å². The molecule has 1 amide bonds. The lowest BCUT2D eigenvalue weighted by Crippen LogP contribution is -2.74. The van der Waals surface area contributed by atoms with E-state index >= 15 is 0 Å². The molecular weight excluding hydrogens is 221 g/mol. The number of alkyl halides is 1. The third-order valence-electron chi connectivity index (χ3n) is 3.17. The Kier molecular flexibility index (Phi) is 3.15. The third-order valence-corrected chi connectivity index (χ3v) is 3.17. The van der Waals surface area contributed by atoms with Gasteiger partial charge in [-0.2, -0.15) is 0 Å². The first-order chi connectivity index (χ1) is 8.04. The van der Waals surface area contributed by atoms with Gasteiger partial charge in [0.25, 0.3) is 5.91 Å². The van der Waals surface area contributed by atoms with Crippen LogP contribution in [0.25, 0.3) is 0 Å². The van der Waals surface area contributed by atoms with Gasteiger partial charge in [-0.15, -0.1) is 0 Å². The minimum absolute atomic E-state index is 0.247. The third kappa shape index (κ3) is 2.17. The summed E-state index contributed by atoms with van der Waals surface area (Å²) in [5, 5.41) is 2.53. The van der Waals surface area contributed by atoms with Crippen molar-refractivity contribution in [2.75, 3.05) is 0 Å². The molecule has 3 atom stereocenters. The first kappa shape index (κ1) is 12.0. The highest BCUT2D eigenvalue weighted by atomic mass is 19.1. The number of carbonyl (C=O) groups excluding carboxylic acids is 1. The Labute approximate surface area is 100.0 Å². The molecule has 0 aromatic heterocycles. The lowest BCUT2D eigenvalue weighted by atomic mass is 9.84. The number of benzene rings is 1. The van der Waals surface area contributed by atoms with Crippen LogP contribution in [0.3, 0.4) is 0 Å². The molecule has 1 saturated heterocycles. The number of halogens is 1. The fraction of sp³-hybridized carbons (Fsp3) is 0.462. The molecular formula is C13H16FNO2. The summed E-state index contributed by atoms with van der Waals surface area (Å²) in [6, 6.07) is 8.97. The first-order valence-corrected chi connectivity index (χ1v) is 5.67. The normalized spacial score (nSPS) is 29.4. The van der Waals surface area contributed by atoms with E-state index in [1.165, 1.54) is 6.92 Å². The molecule has 0 aliphatic carbocycles. The predicted octanol–water partition coefficient (Wildman–Crippen LogP) is 1.82. The fourth-order valence-corrected chi connectivity index (χ4v) is 2.00. The molecule has 1 aromatic carbocycles. The number of rotatable bonds is 4. The Hall–Kier alpha value is -1.42. The van der Waals surface area contributed by atoms with Crippen LogP contribution < -0.4 is 5.32 Å². The number of nitrogens with one attached hydrogen (secondary N) is 1. The summed E-state index contributed by atoms with van der Waals surface area (Å²) in [6.45, 7) is 3.37. The van der Waals surface area contributed by atoms with Crippen LogP contribution in [0, 0.1) is 0 Å². The molecule has 1 fully saturated rings. The molecule has 0 bridgehead atoms. The number of carbonyl (C=O) groups is 1. The molecule has 1 N–H and O–H groups in total. The van der Waals surface area contributed by atoms with Gasteiger partial charge in [0, 0.05) is 0 Å². The van der Waals surface area contributed by atoms with Crippen LogP contribution in [-0.2, 0) is 16.1 Å². The highest BCUT2D eigenvalue weighted by molar-refractivity contribution is 5.92. The van der Waals surface area contributed by atoms with Gasteiger partial charge in [-0.25, -0.2) is 4.39 Å². The van der Waals surface area contributed by atoms with Gasteiger partial charge in [-0.3, -0.25) is 4.79 Å². The zero-order valence-electron chi connectivity index (χ0n) is 9.94. The second-order valence-electron chi connectivity index (χ2n) is 4.51. The van der Waals surface area contributed by atoms with E-state index in [0.717, 1.165) is 5.56 Å². The molecule has 3 nitrogen and oxygen atoms in total. The Balaban J connectivity index is 2.00. The number of hydrogen-bond donors (Lipinski definition) is 1. The van der Waals surface area contributed by atoms with Gasteiger partial charge in [0.05, 0.1) is 12.6 Å². The van der Waals surface area contributed by atoms with E-state index in [-0.39, 0.29) is 5.91 Å². The van der Waals surface area contributed by atoms with E-state index in [1.54, 1.807) is 6.92 Å². The van der Waals surface area contributed by atoms with Gasteiger partial charge in [0.1, 0.15) is 6.17 Å². The number of ether oxygens (including phenoxy) is 1. The summed E-state index contributed by atoms with van der Waals surface area (Å²) < 4.78 is 18.8. The van der Waals surface area contributed by atoms with Crippen molar-refractivity contribution in [2.24, 2.45) is 0 Å². The van der Waals surface area contributed by atoms with Crippen LogP contribution in [0.5, 0.6) is 0 Å². The number of hydrogen-bond acceptors (Lipinski definition) is 2. The van der Waals surface area contributed by atoms with Crippen molar-refractivity contribution in [2.45, 2.75) is 38.3 Å². The fourth-order valence-electron chi connectivity index (χ4n) is 2.00. The van der Waals surface area contributed by atoms with E-state index in [2.05, 4.69) is 5.32 Å². The van der Waals surface area contributed by atoms with E-state index in [9.17, 15) is 9.18 Å². The average molecular weight is 237 g/mol. The summed E-state index contributed by atoms with van der Waals surface area (Å²) in [6.07, 6.45) is -1.12. The molecule has 4 heteroatoms. The molecule has 1 heterocycles. The van der Waals surface area contributed by atoms with Crippen LogP contribution in [0.2, 0.25) is 0 Å². The second-order valence-corrected chi connectivity index (χ2v) is 4.51. The van der Waals surface area contributed by atoms with E-state index in [0.29, 0.717) is 6.61 Å². The van der Waals surface area contributed by atoms with Gasteiger partial charge >= 0.3 is 0 Å². The largest absolute Gasteiger partial charge is 0.358 e. The highest BCUT2D eigenvalue weighted by Gasteiger charge is 2.55. The minimum atomic E-state index is -1.12. The van der Waals surface area contributed by atoms with Gasteiger partial charge in [0.15, 0.2) is 5.60 Å². The summed E-state index contributed by atoms with van der Waals surface area (Å²) in [7, 11) is 0. The van der Waals surface area contributed by atoms with Crippen molar-refractivity contribution in [3.05, 3.63) is 35.9 Å². The SMILES string of the molecule is C[C@H](F)[C@@H]1NC(=O)[C@]1(C)OCc1ccccc1. The van der Waals surface area contributed by atoms with Crippen molar-refractivity contribution in [1.29, 1.82) is 0 Å². The lowest BCUT2D eigenvalue weighted by molar-refractivity contribution is -0.176. The predicted molar refractivity (Wildman–Crippen MR) is 62.1 cm³/mol. The maximum absolute atomic E-state index is 13.2. The molecule has 1 aliphatic heterocycles. The first-order valence-electron chi connectivity index (χ1n) is 5.67. The minimum Gasteiger partial charge on any atom is -0.358 e. The van der Waals surface area contributed by atoms with E-state index in [4.69, 9.17) is 4.74 Å². The van der Waals surface area contributed by atoms with Crippen LogP contribution >= 0.6 is 0 Å². The van der Waals surface area contributed by atoms with Crippen LogP contribution in [0.1, 0.15) is 19.4 Å². The number of amides is 1. The van der Waals surface area contributed by atoms with Crippen LogP contribution in [0.4, 0.5) is 4.39 Å². The molecule has 1 aliphatic rings. The number of β-lactam (4-membered cyclic amide) rings is 1. The van der Waals surface area contributed by atoms with Crippen molar-refractivity contribution >= 4 is 5.91 Å². The standard InChI is InChI=1S/C13H16FNO2/c1-9(14)11-13(2,12(16)15-11)17-8-10-6-4-3-5-7-10/h3-7,9,11H,8H2,1-2H3,(H,15,16)/t9-,11-,13+/m0/s1. The average Bonchev–Trinajstić information content (AvgIpc) is 2.33. The monoisotopic (exact) mass is 237 g/mol. The van der Waals surface area contributed by atoms with Crippen molar-refractivity contribution in [3.8, 4) is 0 Å². The molecule has 2 rings (SSSR count). The molecule has 17 heavy (non-hydrogen) atoms. The molecule has 92 valence electrons. The smallest absolute Gasteiger partial charge is 0.254 e. The van der Waals surface area contributed by atoms with Gasteiger partial charge < -0.3 is 10.1 Å². The quantitative estimate of drug-likeness (QED) is 0.811. The molecule has 0 spiro atoms. The lowest BCUT2D eigenvalue weighted by Gasteiger charge is -2.46. The van der Waals surface area contributed by atoms with Gasteiger partial charge in [-0.1, -0.05) is 30.3 Å². The Morgan fingerprint density at radius 1 is 1.47 bits per heavy atom. The van der Waals surface area contributed by atoms with Gasteiger partial charge in [-0.05, 0) is 19.4 Å². The maximum atomic E-state index is 13.2. The zero-order valence-corrected chi connectivity index (χ0v) is 9.94. The second kappa shape index (κ2) is 4.45. The maximum Gasteiger partial charge on any atom is 0.254 e. The highest BCUT2D eigenvalue weighted by Crippen LogP contribution is 2.29. The van der Waals surface area contributed by atoms with E-state index in [1.807, 2.05) is 30.3 Å². The molecule has 0 saturated carbocycles. The summed E-state index contributed by atoms with van der Waals surface area (Å²) in [5.41, 5.74) is -0.0806. The Bertz CT molecular complexity index is 407. The van der Waals surface area contributed by atoms with Crippen molar-refractivity contribution in [3.63, 3.8) is 0 Å². The van der Waals surface area contributed by atoms with Crippen molar-refractivity contribution < 1.29 is 13.9 Å². The van der Waals surface area contributed by atoms with Crippen LogP contribution in [-0.4, -0.2) is 23.7 Å². The van der Waals surface area contributed by atoms with E-state index < -0.39 is 17.8 Å². The Morgan fingerprint density at radius 3 is 2.65 bits per heavy atom. The topological polar surface area (TPSA) is 38.3 Å². The summed E-state index contributed by atoms with van der Waals surface area (Å²) in [5.74, 6) is -0.247. The Morgan fingerprint density at radius 2 is 2.12 bits per heavy atom. The van der Waals surface area contributed by atoms with Gasteiger partial charge in [0.2, 0.25) is 0 Å². The summed E-state index contributed by atoms with van der Waals surface area (Å²) >= 11 is 0.